The minimum Gasteiger partial charge on any atom is -0.465 e. The summed E-state index contributed by atoms with van der Waals surface area (Å²) in [5, 5.41) is 3.48. The summed E-state index contributed by atoms with van der Waals surface area (Å²) in [7, 11) is 1.91. The lowest BCUT2D eigenvalue weighted by Gasteiger charge is -2.11. The Morgan fingerprint density at radius 1 is 1.31 bits per heavy atom. The molecule has 0 aliphatic rings. The largest absolute Gasteiger partial charge is 0.465 e. The molecule has 0 atom stereocenters. The van der Waals surface area contributed by atoms with Crippen LogP contribution < -0.4 is 0 Å². The molecule has 0 rings (SSSR count). The molecule has 0 aliphatic carbocycles. The van der Waals surface area contributed by atoms with Crippen molar-refractivity contribution in [1.82, 2.24) is 0 Å². The minimum absolute atomic E-state index is 0.567. The van der Waals surface area contributed by atoms with Crippen molar-refractivity contribution in [3.05, 3.63) is 0 Å². The first-order valence-corrected chi connectivity index (χ1v) is 5.42. The van der Waals surface area contributed by atoms with Gasteiger partial charge in [-0.25, -0.2) is 4.79 Å². The van der Waals surface area contributed by atoms with E-state index in [9.17, 15) is 4.79 Å². The number of hydrogen-bond donors (Lipinski definition) is 0. The lowest BCUT2D eigenvalue weighted by Crippen LogP contribution is -2.00. The van der Waals surface area contributed by atoms with E-state index < -0.39 is 13.5 Å². The fourth-order valence-corrected chi connectivity index (χ4v) is 0.901. The molecule has 7 heteroatoms. The zero-order valence-corrected chi connectivity index (χ0v) is 8.95. The van der Waals surface area contributed by atoms with Gasteiger partial charge >= 0.3 is 5.97 Å². The maximum Gasteiger partial charge on any atom is 0.351 e. The summed E-state index contributed by atoms with van der Waals surface area (Å²) in [5.41, 5.74) is 0. The van der Waals surface area contributed by atoms with E-state index in [1.54, 1.807) is 6.66 Å². The summed E-state index contributed by atoms with van der Waals surface area (Å²) in [5.74, 6) is -0.567. The van der Waals surface area contributed by atoms with E-state index in [4.69, 9.17) is 9.05 Å². The predicted octanol–water partition coefficient (Wildman–Crippen LogP) is 1.10. The van der Waals surface area contributed by atoms with Gasteiger partial charge in [-0.2, -0.15) is 0 Å². The van der Waals surface area contributed by atoms with Crippen LogP contribution in [-0.2, 0) is 18.6 Å². The highest BCUT2D eigenvalue weighted by molar-refractivity contribution is 7.55. The number of nitrogens with zero attached hydrogens (tertiary/aromatic N) is 2. The van der Waals surface area contributed by atoms with Gasteiger partial charge in [-0.1, -0.05) is 0 Å². The van der Waals surface area contributed by atoms with Crippen molar-refractivity contribution in [3.8, 4) is 0 Å². The smallest absolute Gasteiger partial charge is 0.351 e. The number of methoxy groups -OCH3 is 1. The zero-order valence-electron chi connectivity index (χ0n) is 8.05. The monoisotopic (exact) mass is 208 g/mol. The fourth-order valence-electron chi connectivity index (χ4n) is 0.367. The average molecular weight is 208 g/mol. The van der Waals surface area contributed by atoms with Crippen molar-refractivity contribution in [2.45, 2.75) is 0 Å². The van der Waals surface area contributed by atoms with E-state index in [0.717, 1.165) is 6.21 Å². The van der Waals surface area contributed by atoms with Crippen molar-refractivity contribution >= 4 is 19.7 Å². The van der Waals surface area contributed by atoms with Gasteiger partial charge in [-0.3, -0.25) is 0 Å². The zero-order chi connectivity index (χ0) is 10.3. The average Bonchev–Trinajstić information content (AvgIpc) is 2.17. The molecule has 0 saturated carbocycles. The predicted molar refractivity (Wildman–Crippen MR) is 49.8 cm³/mol. The number of ether oxygens (including phenoxy) is 1. The standard InChI is InChI=1S/C6H13N2O4P/c1-10-6(9)5-7-8-13(4,11-2)12-3/h5H,1-4H3/b7-5+. The van der Waals surface area contributed by atoms with Gasteiger partial charge in [0.15, 0.2) is 0 Å². The second-order valence-electron chi connectivity index (χ2n) is 2.03. The van der Waals surface area contributed by atoms with Gasteiger partial charge in [-0.15, -0.1) is 9.96 Å². The van der Waals surface area contributed by atoms with Crippen molar-refractivity contribution in [1.29, 1.82) is 0 Å². The Bertz CT molecular complexity index is 243. The summed E-state index contributed by atoms with van der Waals surface area (Å²) in [4.78, 5) is 14.3. The SMILES string of the molecule is COC(=O)/C=N/N=P(C)(OC)OC. The first-order chi connectivity index (χ1) is 6.08. The molecule has 6 nitrogen and oxygen atoms in total. The second-order valence-corrected chi connectivity index (χ2v) is 4.54. The maximum absolute atomic E-state index is 10.6. The third-order valence-corrected chi connectivity index (χ3v) is 3.04. The van der Waals surface area contributed by atoms with E-state index >= 15 is 0 Å². The number of esters is 1. The summed E-state index contributed by atoms with van der Waals surface area (Å²) in [6.45, 7) is 1.67. The molecule has 0 aromatic carbocycles. The first-order valence-electron chi connectivity index (χ1n) is 3.39. The van der Waals surface area contributed by atoms with E-state index in [-0.39, 0.29) is 0 Å². The summed E-state index contributed by atoms with van der Waals surface area (Å²) >= 11 is 0. The molecule has 0 aromatic heterocycles. The lowest BCUT2D eigenvalue weighted by atomic mass is 10.8. The highest BCUT2D eigenvalue weighted by atomic mass is 31.2. The van der Waals surface area contributed by atoms with Gasteiger partial charge in [0, 0.05) is 20.9 Å². The van der Waals surface area contributed by atoms with Gasteiger partial charge in [0.05, 0.1) is 7.11 Å². The third-order valence-electron chi connectivity index (χ3n) is 1.26. The maximum atomic E-state index is 10.6. The molecule has 0 heterocycles. The Hall–Kier alpha value is -0.710. The van der Waals surface area contributed by atoms with Crippen molar-refractivity contribution < 1.29 is 18.6 Å². The fraction of sp³-hybridized carbons (Fsp3) is 0.667. The van der Waals surface area contributed by atoms with E-state index in [1.165, 1.54) is 21.3 Å². The van der Waals surface area contributed by atoms with Crippen molar-refractivity contribution in [3.63, 3.8) is 0 Å². The Balaban J connectivity index is 4.39. The Morgan fingerprint density at radius 3 is 2.23 bits per heavy atom. The van der Waals surface area contributed by atoms with Crippen molar-refractivity contribution in [2.24, 2.45) is 9.96 Å². The molecule has 0 aromatic rings. The number of carbonyl (C=O) groups is 1. The Morgan fingerprint density at radius 2 is 1.85 bits per heavy atom. The topological polar surface area (TPSA) is 69.5 Å². The van der Waals surface area contributed by atoms with Gasteiger partial charge in [-0.05, 0) is 0 Å². The van der Waals surface area contributed by atoms with Crippen LogP contribution >= 0.6 is 7.51 Å². The van der Waals surface area contributed by atoms with Crippen LogP contribution in [0.1, 0.15) is 0 Å². The van der Waals surface area contributed by atoms with E-state index in [1.807, 2.05) is 0 Å². The molecular formula is C6H13N2O4P. The molecule has 0 saturated heterocycles. The van der Waals surface area contributed by atoms with E-state index in [2.05, 4.69) is 14.7 Å². The molecule has 0 aliphatic heterocycles. The molecule has 13 heavy (non-hydrogen) atoms. The molecule has 0 unspecified atom stereocenters. The molecule has 0 spiro atoms. The minimum atomic E-state index is -2.28. The molecule has 0 bridgehead atoms. The molecule has 0 amide bonds. The quantitative estimate of drug-likeness (QED) is 0.300. The van der Waals surface area contributed by atoms with Crippen LogP contribution in [0.2, 0.25) is 0 Å². The molecule has 0 N–H and O–H groups in total. The summed E-state index contributed by atoms with van der Waals surface area (Å²) in [6, 6.07) is 0. The number of hydrogen-bond acceptors (Lipinski definition) is 5. The number of rotatable bonds is 4. The van der Waals surface area contributed by atoms with Crippen LogP contribution in [0.25, 0.3) is 0 Å². The summed E-state index contributed by atoms with van der Waals surface area (Å²) in [6.07, 6.45) is 0.955. The van der Waals surface area contributed by atoms with Crippen LogP contribution in [0, 0.1) is 0 Å². The highest BCUT2D eigenvalue weighted by Crippen LogP contribution is 2.45. The molecule has 0 radical (unpaired) electrons. The molecule has 76 valence electrons. The van der Waals surface area contributed by atoms with Gasteiger partial charge < -0.3 is 13.8 Å². The second kappa shape index (κ2) is 5.85. The molecule has 0 fully saturated rings. The van der Waals surface area contributed by atoms with Crippen LogP contribution in [0.3, 0.4) is 0 Å². The number of carbonyl (C=O) groups excluding carboxylic acids is 1. The van der Waals surface area contributed by atoms with Gasteiger partial charge in [0.25, 0.3) is 0 Å². The normalized spacial score (nSPS) is 11.7. The van der Waals surface area contributed by atoms with Crippen LogP contribution in [-0.4, -0.2) is 40.2 Å². The van der Waals surface area contributed by atoms with Crippen molar-refractivity contribution in [2.75, 3.05) is 28.0 Å². The van der Waals surface area contributed by atoms with Gasteiger partial charge in [0.1, 0.15) is 6.21 Å². The van der Waals surface area contributed by atoms with Crippen LogP contribution in [0.15, 0.2) is 9.96 Å². The lowest BCUT2D eigenvalue weighted by molar-refractivity contribution is -0.132. The molecular weight excluding hydrogens is 195 g/mol. The first kappa shape index (κ1) is 12.3. The van der Waals surface area contributed by atoms with Crippen LogP contribution in [0.4, 0.5) is 0 Å². The Kier molecular flexibility index (Phi) is 5.53. The van der Waals surface area contributed by atoms with Crippen LogP contribution in [0.5, 0.6) is 0 Å². The van der Waals surface area contributed by atoms with Gasteiger partial charge in [0.2, 0.25) is 7.51 Å². The highest BCUT2D eigenvalue weighted by Gasteiger charge is 2.08. The summed E-state index contributed by atoms with van der Waals surface area (Å²) < 4.78 is 14.2. The third kappa shape index (κ3) is 4.77. The van der Waals surface area contributed by atoms with E-state index in [0.29, 0.717) is 0 Å². The Labute approximate surface area is 77.1 Å².